The van der Waals surface area contributed by atoms with Gasteiger partial charge >= 0.3 is 0 Å². The Bertz CT molecular complexity index is 374. The highest BCUT2D eigenvalue weighted by atomic mass is 16.5. The van der Waals surface area contributed by atoms with Crippen LogP contribution >= 0.6 is 0 Å². The first kappa shape index (κ1) is 16.2. The van der Waals surface area contributed by atoms with Crippen LogP contribution in [0.2, 0.25) is 0 Å². The van der Waals surface area contributed by atoms with E-state index in [1.54, 1.807) is 0 Å². The first-order chi connectivity index (χ1) is 9.11. The average molecular weight is 267 g/mol. The molecule has 4 heteroatoms. The molecule has 0 aromatic carbocycles. The highest BCUT2D eigenvalue weighted by Gasteiger charge is 2.16. The van der Waals surface area contributed by atoms with Crippen molar-refractivity contribution >= 4 is 0 Å². The molecule has 4 nitrogen and oxygen atoms in total. The van der Waals surface area contributed by atoms with Crippen molar-refractivity contribution in [3.05, 3.63) is 17.0 Å². The predicted octanol–water partition coefficient (Wildman–Crippen LogP) is 2.99. The SMILES string of the molecule is CCCOCCCNC(C)c1c(C)nn(CC)c1C. The van der Waals surface area contributed by atoms with E-state index in [0.717, 1.165) is 44.8 Å². The van der Waals surface area contributed by atoms with Crippen LogP contribution in [0.1, 0.15) is 56.6 Å². The molecule has 1 rings (SSSR count). The van der Waals surface area contributed by atoms with Gasteiger partial charge in [-0.25, -0.2) is 0 Å². The molecule has 0 aliphatic rings. The Hall–Kier alpha value is -0.870. The zero-order valence-corrected chi connectivity index (χ0v) is 13.1. The van der Waals surface area contributed by atoms with Gasteiger partial charge in [0.15, 0.2) is 0 Å². The summed E-state index contributed by atoms with van der Waals surface area (Å²) in [7, 11) is 0. The van der Waals surface area contributed by atoms with Crippen LogP contribution in [0.3, 0.4) is 0 Å². The third-order valence-electron chi connectivity index (χ3n) is 3.43. The highest BCUT2D eigenvalue weighted by Crippen LogP contribution is 2.21. The fraction of sp³-hybridized carbons (Fsp3) is 0.800. The van der Waals surface area contributed by atoms with Gasteiger partial charge in [-0.3, -0.25) is 4.68 Å². The van der Waals surface area contributed by atoms with Crippen LogP contribution in [0, 0.1) is 13.8 Å². The maximum Gasteiger partial charge on any atom is 0.0644 e. The lowest BCUT2D eigenvalue weighted by molar-refractivity contribution is 0.132. The predicted molar refractivity (Wildman–Crippen MR) is 79.5 cm³/mol. The van der Waals surface area contributed by atoms with Crippen LogP contribution in [0.15, 0.2) is 0 Å². The second kappa shape index (κ2) is 8.33. The van der Waals surface area contributed by atoms with Crippen molar-refractivity contribution in [3.8, 4) is 0 Å². The molecular formula is C15H29N3O. The fourth-order valence-electron chi connectivity index (χ4n) is 2.49. The molecule has 0 aliphatic heterocycles. The molecule has 1 aromatic heterocycles. The maximum absolute atomic E-state index is 5.48. The lowest BCUT2D eigenvalue weighted by Gasteiger charge is -2.15. The smallest absolute Gasteiger partial charge is 0.0644 e. The molecule has 0 spiro atoms. The number of rotatable bonds is 9. The van der Waals surface area contributed by atoms with Crippen molar-refractivity contribution in [2.75, 3.05) is 19.8 Å². The van der Waals surface area contributed by atoms with Gasteiger partial charge in [0, 0.05) is 37.1 Å². The molecule has 19 heavy (non-hydrogen) atoms. The third kappa shape index (κ3) is 4.62. The van der Waals surface area contributed by atoms with E-state index in [4.69, 9.17) is 4.74 Å². The molecule has 1 unspecified atom stereocenters. The van der Waals surface area contributed by atoms with Crippen LogP contribution in [0.25, 0.3) is 0 Å². The van der Waals surface area contributed by atoms with E-state index in [2.05, 4.69) is 49.7 Å². The monoisotopic (exact) mass is 267 g/mol. The van der Waals surface area contributed by atoms with Crippen molar-refractivity contribution < 1.29 is 4.74 Å². The zero-order valence-electron chi connectivity index (χ0n) is 13.1. The van der Waals surface area contributed by atoms with Gasteiger partial charge in [-0.2, -0.15) is 5.10 Å². The molecule has 0 amide bonds. The minimum atomic E-state index is 0.353. The lowest BCUT2D eigenvalue weighted by Crippen LogP contribution is -2.22. The van der Waals surface area contributed by atoms with Gasteiger partial charge in [0.2, 0.25) is 0 Å². The maximum atomic E-state index is 5.48. The van der Waals surface area contributed by atoms with Gasteiger partial charge < -0.3 is 10.1 Å². The van der Waals surface area contributed by atoms with Crippen molar-refractivity contribution in [3.63, 3.8) is 0 Å². The van der Waals surface area contributed by atoms with Gasteiger partial charge in [0.25, 0.3) is 0 Å². The molecule has 0 bridgehead atoms. The van der Waals surface area contributed by atoms with E-state index in [1.807, 2.05) is 0 Å². The normalized spacial score (nSPS) is 12.9. The Morgan fingerprint density at radius 1 is 1.26 bits per heavy atom. The Kier molecular flexibility index (Phi) is 7.10. The van der Waals surface area contributed by atoms with Crippen LogP contribution in [-0.2, 0) is 11.3 Å². The largest absolute Gasteiger partial charge is 0.381 e. The topological polar surface area (TPSA) is 39.1 Å². The first-order valence-electron chi connectivity index (χ1n) is 7.46. The molecule has 1 atom stereocenters. The van der Waals surface area contributed by atoms with Crippen LogP contribution in [-0.4, -0.2) is 29.5 Å². The van der Waals surface area contributed by atoms with E-state index in [0.29, 0.717) is 6.04 Å². The van der Waals surface area contributed by atoms with Gasteiger partial charge in [0.1, 0.15) is 0 Å². The zero-order chi connectivity index (χ0) is 14.3. The second-order valence-corrected chi connectivity index (χ2v) is 5.04. The summed E-state index contributed by atoms with van der Waals surface area (Å²) in [5.74, 6) is 0. The van der Waals surface area contributed by atoms with Gasteiger partial charge in [-0.05, 0) is 47.1 Å². The average Bonchev–Trinajstić information content (AvgIpc) is 2.68. The molecule has 0 radical (unpaired) electrons. The molecule has 110 valence electrons. The first-order valence-corrected chi connectivity index (χ1v) is 7.46. The summed E-state index contributed by atoms with van der Waals surface area (Å²) < 4.78 is 7.56. The molecule has 0 fully saturated rings. The molecule has 0 saturated heterocycles. The quantitative estimate of drug-likeness (QED) is 0.699. The van der Waals surface area contributed by atoms with Gasteiger partial charge in [-0.1, -0.05) is 6.92 Å². The summed E-state index contributed by atoms with van der Waals surface area (Å²) in [5.41, 5.74) is 3.76. The van der Waals surface area contributed by atoms with Crippen LogP contribution in [0.4, 0.5) is 0 Å². The number of hydrogen-bond donors (Lipinski definition) is 1. The van der Waals surface area contributed by atoms with E-state index >= 15 is 0 Å². The van der Waals surface area contributed by atoms with E-state index < -0.39 is 0 Å². The fourth-order valence-corrected chi connectivity index (χ4v) is 2.49. The van der Waals surface area contributed by atoms with Gasteiger partial charge in [-0.15, -0.1) is 0 Å². The summed E-state index contributed by atoms with van der Waals surface area (Å²) in [5, 5.41) is 8.13. The summed E-state index contributed by atoms with van der Waals surface area (Å²) in [6, 6.07) is 0.353. The van der Waals surface area contributed by atoms with E-state index in [-0.39, 0.29) is 0 Å². The summed E-state index contributed by atoms with van der Waals surface area (Å²) in [6.45, 7) is 14.4. The Balaban J connectivity index is 2.41. The Morgan fingerprint density at radius 3 is 2.58 bits per heavy atom. The lowest BCUT2D eigenvalue weighted by atomic mass is 10.1. The number of aromatic nitrogens is 2. The number of nitrogens with zero attached hydrogens (tertiary/aromatic N) is 2. The second-order valence-electron chi connectivity index (χ2n) is 5.04. The van der Waals surface area contributed by atoms with Crippen LogP contribution in [0.5, 0.6) is 0 Å². The molecule has 1 aromatic rings. The van der Waals surface area contributed by atoms with E-state index in [9.17, 15) is 0 Å². The summed E-state index contributed by atoms with van der Waals surface area (Å²) in [6.07, 6.45) is 2.16. The van der Waals surface area contributed by atoms with Crippen molar-refractivity contribution in [1.82, 2.24) is 15.1 Å². The van der Waals surface area contributed by atoms with Crippen molar-refractivity contribution in [1.29, 1.82) is 0 Å². The number of nitrogens with one attached hydrogen (secondary N) is 1. The van der Waals surface area contributed by atoms with Crippen molar-refractivity contribution in [2.45, 2.75) is 60.0 Å². The number of ether oxygens (including phenoxy) is 1. The molecule has 0 saturated carbocycles. The van der Waals surface area contributed by atoms with E-state index in [1.165, 1.54) is 11.3 Å². The number of hydrogen-bond acceptors (Lipinski definition) is 3. The molecular weight excluding hydrogens is 238 g/mol. The molecule has 1 N–H and O–H groups in total. The minimum Gasteiger partial charge on any atom is -0.381 e. The molecule has 1 heterocycles. The number of aryl methyl sites for hydroxylation is 2. The Labute approximate surface area is 117 Å². The third-order valence-corrected chi connectivity index (χ3v) is 3.43. The summed E-state index contributed by atoms with van der Waals surface area (Å²) >= 11 is 0. The molecule has 0 aliphatic carbocycles. The van der Waals surface area contributed by atoms with Crippen LogP contribution < -0.4 is 5.32 Å². The summed E-state index contributed by atoms with van der Waals surface area (Å²) in [4.78, 5) is 0. The van der Waals surface area contributed by atoms with Crippen molar-refractivity contribution in [2.24, 2.45) is 0 Å². The minimum absolute atomic E-state index is 0.353. The Morgan fingerprint density at radius 2 is 2.00 bits per heavy atom. The standard InChI is InChI=1S/C15H29N3O/c1-6-10-19-11-8-9-16-12(3)15-13(4)17-18(7-2)14(15)5/h12,16H,6-11H2,1-5H3. The highest BCUT2D eigenvalue weighted by molar-refractivity contribution is 5.27. The van der Waals surface area contributed by atoms with Gasteiger partial charge in [0.05, 0.1) is 5.69 Å².